The van der Waals surface area contributed by atoms with Gasteiger partial charge in [-0.1, -0.05) is 103 Å². The van der Waals surface area contributed by atoms with Crippen LogP contribution < -0.4 is 0 Å². The van der Waals surface area contributed by atoms with Crippen LogP contribution in [0.15, 0.2) is 128 Å². The molecule has 3 aromatic heterocycles. The topological polar surface area (TPSA) is 38.7 Å². The van der Waals surface area contributed by atoms with E-state index in [1.807, 2.05) is 53.9 Å². The lowest BCUT2D eigenvalue weighted by Gasteiger charge is -2.15. The van der Waals surface area contributed by atoms with Crippen LogP contribution in [0.1, 0.15) is 0 Å². The van der Waals surface area contributed by atoms with Crippen molar-refractivity contribution in [2.45, 2.75) is 0 Å². The summed E-state index contributed by atoms with van der Waals surface area (Å²) in [5.41, 5.74) is 5.70. The first-order chi connectivity index (χ1) is 19.3. The van der Waals surface area contributed by atoms with Gasteiger partial charge < -0.3 is 0 Å². The molecule has 8 rings (SSSR count). The zero-order valence-electron chi connectivity index (χ0n) is 20.9. The summed E-state index contributed by atoms with van der Waals surface area (Å²) in [6.45, 7) is 0. The minimum absolute atomic E-state index is 0.703. The van der Waals surface area contributed by atoms with Crippen molar-refractivity contribution in [2.75, 3.05) is 0 Å². The fraction of sp³-hybridized carbons (Fsp3) is 0. The zero-order valence-corrected chi connectivity index (χ0v) is 21.7. The van der Waals surface area contributed by atoms with Crippen LogP contribution in [-0.2, 0) is 0 Å². The van der Waals surface area contributed by atoms with Gasteiger partial charge in [-0.2, -0.15) is 0 Å². The summed E-state index contributed by atoms with van der Waals surface area (Å²) in [6, 6.07) is 42.1. The van der Waals surface area contributed by atoms with E-state index in [2.05, 4.69) is 84.9 Å². The van der Waals surface area contributed by atoms with Crippen molar-refractivity contribution in [3.63, 3.8) is 0 Å². The van der Waals surface area contributed by atoms with Crippen LogP contribution in [0.5, 0.6) is 0 Å². The Morgan fingerprint density at radius 2 is 1.15 bits per heavy atom. The molecule has 0 atom stereocenters. The maximum Gasteiger partial charge on any atom is 0.159 e. The third-order valence-corrected chi connectivity index (χ3v) is 8.46. The van der Waals surface area contributed by atoms with Crippen LogP contribution in [0.2, 0.25) is 0 Å². The molecule has 0 aliphatic carbocycles. The molecule has 3 heterocycles. The molecule has 4 heteroatoms. The number of thiophene rings is 1. The second-order valence-corrected chi connectivity index (χ2v) is 10.7. The lowest BCUT2D eigenvalue weighted by atomic mass is 9.95. The SMILES string of the molecule is c1ccc(-c2ncc(-c3nc4ccccc4c4c3ccc3sc5ccccc5c34)c(-c3ccccc3)n2)cc1. The van der Waals surface area contributed by atoms with Crippen LogP contribution in [0.25, 0.3) is 75.8 Å². The van der Waals surface area contributed by atoms with Gasteiger partial charge in [-0.3, -0.25) is 0 Å². The molecule has 0 spiro atoms. The van der Waals surface area contributed by atoms with Crippen molar-refractivity contribution in [2.24, 2.45) is 0 Å². The van der Waals surface area contributed by atoms with Crippen molar-refractivity contribution in [3.05, 3.63) is 128 Å². The van der Waals surface area contributed by atoms with E-state index in [0.717, 1.165) is 44.4 Å². The molecule has 0 bridgehead atoms. The minimum atomic E-state index is 0.703. The Hall–Kier alpha value is -4.93. The van der Waals surface area contributed by atoms with E-state index < -0.39 is 0 Å². The van der Waals surface area contributed by atoms with Gasteiger partial charge in [0.1, 0.15) is 0 Å². The molecule has 0 unspecified atom stereocenters. The molecule has 0 fully saturated rings. The highest BCUT2D eigenvalue weighted by Gasteiger charge is 2.20. The quantitative estimate of drug-likeness (QED) is 0.220. The molecule has 182 valence electrons. The highest BCUT2D eigenvalue weighted by Crippen LogP contribution is 2.44. The second-order valence-electron chi connectivity index (χ2n) is 9.62. The Bertz CT molecular complexity index is 2170. The summed E-state index contributed by atoms with van der Waals surface area (Å²) >= 11 is 1.84. The second kappa shape index (κ2) is 8.83. The number of para-hydroxylation sites is 1. The van der Waals surface area contributed by atoms with E-state index in [9.17, 15) is 0 Å². The fourth-order valence-electron chi connectivity index (χ4n) is 5.56. The van der Waals surface area contributed by atoms with Crippen molar-refractivity contribution < 1.29 is 0 Å². The maximum absolute atomic E-state index is 5.26. The van der Waals surface area contributed by atoms with Gasteiger partial charge in [-0.15, -0.1) is 11.3 Å². The molecule has 0 aliphatic heterocycles. The normalized spacial score (nSPS) is 11.6. The van der Waals surface area contributed by atoms with E-state index in [1.54, 1.807) is 0 Å². The zero-order chi connectivity index (χ0) is 25.8. The van der Waals surface area contributed by atoms with E-state index in [0.29, 0.717) is 5.82 Å². The van der Waals surface area contributed by atoms with Gasteiger partial charge in [0.05, 0.1) is 16.9 Å². The summed E-state index contributed by atoms with van der Waals surface area (Å²) in [7, 11) is 0. The van der Waals surface area contributed by atoms with E-state index in [1.165, 1.54) is 25.6 Å². The van der Waals surface area contributed by atoms with Gasteiger partial charge in [-0.25, -0.2) is 15.0 Å². The van der Waals surface area contributed by atoms with E-state index >= 15 is 0 Å². The monoisotopic (exact) mass is 515 g/mol. The Morgan fingerprint density at radius 1 is 0.462 bits per heavy atom. The lowest BCUT2D eigenvalue weighted by molar-refractivity contribution is 1.18. The van der Waals surface area contributed by atoms with E-state index in [4.69, 9.17) is 15.0 Å². The molecule has 0 N–H and O–H groups in total. The molecule has 3 nitrogen and oxygen atoms in total. The third kappa shape index (κ3) is 3.53. The molecule has 0 saturated carbocycles. The standard InChI is InChI=1S/C35H21N3S/c1-3-11-22(12-4-1)33-27(21-36-35(38-33)23-13-5-2-6-14-23)34-26-19-20-30-32(25-16-8-10-18-29(25)39-30)31(26)24-15-7-9-17-28(24)37-34/h1-21H. The van der Waals surface area contributed by atoms with Crippen molar-refractivity contribution >= 4 is 53.2 Å². The average molecular weight is 516 g/mol. The Labute approximate surface area is 229 Å². The molecular formula is C35H21N3S. The first-order valence-corrected chi connectivity index (χ1v) is 13.8. The van der Waals surface area contributed by atoms with Crippen molar-refractivity contribution in [1.82, 2.24) is 15.0 Å². The summed E-state index contributed by atoms with van der Waals surface area (Å²) in [6.07, 6.45) is 1.95. The lowest BCUT2D eigenvalue weighted by Crippen LogP contribution is -1.98. The molecule has 0 saturated heterocycles. The molecule has 5 aromatic carbocycles. The van der Waals surface area contributed by atoms with Gasteiger partial charge in [0.2, 0.25) is 0 Å². The number of fused-ring (bicyclic) bond motifs is 7. The largest absolute Gasteiger partial charge is 0.247 e. The molecule has 0 aliphatic rings. The fourth-order valence-corrected chi connectivity index (χ4v) is 6.67. The van der Waals surface area contributed by atoms with Crippen molar-refractivity contribution in [1.29, 1.82) is 0 Å². The summed E-state index contributed by atoms with van der Waals surface area (Å²) in [5.74, 6) is 0.703. The van der Waals surface area contributed by atoms with Gasteiger partial charge in [-0.05, 0) is 18.2 Å². The van der Waals surface area contributed by atoms with Crippen LogP contribution in [0.3, 0.4) is 0 Å². The number of benzene rings is 5. The first-order valence-electron chi connectivity index (χ1n) is 13.0. The number of hydrogen-bond acceptors (Lipinski definition) is 4. The molecule has 39 heavy (non-hydrogen) atoms. The maximum atomic E-state index is 5.26. The summed E-state index contributed by atoms with van der Waals surface area (Å²) in [4.78, 5) is 15.2. The highest BCUT2D eigenvalue weighted by atomic mass is 32.1. The number of nitrogens with zero attached hydrogens (tertiary/aromatic N) is 3. The summed E-state index contributed by atoms with van der Waals surface area (Å²) < 4.78 is 2.58. The van der Waals surface area contributed by atoms with Gasteiger partial charge in [0.15, 0.2) is 5.82 Å². The molecule has 0 radical (unpaired) electrons. The smallest absolute Gasteiger partial charge is 0.159 e. The number of rotatable bonds is 3. The number of aromatic nitrogens is 3. The molecule has 0 amide bonds. The first kappa shape index (κ1) is 22.1. The number of hydrogen-bond donors (Lipinski definition) is 0. The average Bonchev–Trinajstić information content (AvgIpc) is 3.40. The Kier molecular flexibility index (Phi) is 5.00. The number of pyridine rings is 1. The van der Waals surface area contributed by atoms with Gasteiger partial charge in [0, 0.05) is 59.2 Å². The predicted molar refractivity (Wildman–Crippen MR) is 164 cm³/mol. The van der Waals surface area contributed by atoms with Crippen molar-refractivity contribution in [3.8, 4) is 33.9 Å². The van der Waals surface area contributed by atoms with Crippen LogP contribution in [0.4, 0.5) is 0 Å². The molecular weight excluding hydrogens is 494 g/mol. The van der Waals surface area contributed by atoms with Crippen LogP contribution in [0, 0.1) is 0 Å². The van der Waals surface area contributed by atoms with Crippen LogP contribution in [-0.4, -0.2) is 15.0 Å². The van der Waals surface area contributed by atoms with E-state index in [-0.39, 0.29) is 0 Å². The Morgan fingerprint density at radius 3 is 1.97 bits per heavy atom. The molecule has 8 aromatic rings. The minimum Gasteiger partial charge on any atom is -0.247 e. The third-order valence-electron chi connectivity index (χ3n) is 7.33. The Balaban J connectivity index is 1.51. The van der Waals surface area contributed by atoms with Crippen LogP contribution >= 0.6 is 11.3 Å². The predicted octanol–water partition coefficient (Wildman–Crippen LogP) is 9.55. The summed E-state index contributed by atoms with van der Waals surface area (Å²) in [5, 5.41) is 6.07. The van der Waals surface area contributed by atoms with Gasteiger partial charge in [0.25, 0.3) is 0 Å². The highest BCUT2D eigenvalue weighted by molar-refractivity contribution is 7.26. The van der Waals surface area contributed by atoms with Gasteiger partial charge >= 0.3 is 0 Å².